The standard InChI is InChI=1S/C15H21N5O2S/c1-11(2)20-15(6-7-18-20)13-10-16-12(9-17-13)14-5-4-8-19(14)23(3,21)22/h6-7,9-11,14H,4-5,8H2,1-3H3/t14-/m1/s1. The second-order valence-electron chi connectivity index (χ2n) is 6.11. The Morgan fingerprint density at radius 2 is 2.04 bits per heavy atom. The van der Waals surface area contributed by atoms with E-state index in [4.69, 9.17) is 0 Å². The zero-order valence-corrected chi connectivity index (χ0v) is 14.4. The highest BCUT2D eigenvalue weighted by molar-refractivity contribution is 7.88. The van der Waals surface area contributed by atoms with E-state index in [-0.39, 0.29) is 12.1 Å². The predicted octanol–water partition coefficient (Wildman–Crippen LogP) is 2.02. The summed E-state index contributed by atoms with van der Waals surface area (Å²) in [6.45, 7) is 4.66. The highest BCUT2D eigenvalue weighted by Gasteiger charge is 2.33. The third-order valence-electron chi connectivity index (χ3n) is 4.06. The van der Waals surface area contributed by atoms with Crippen molar-refractivity contribution in [2.75, 3.05) is 12.8 Å². The number of hydrogen-bond acceptors (Lipinski definition) is 5. The molecule has 0 aromatic carbocycles. The van der Waals surface area contributed by atoms with E-state index >= 15 is 0 Å². The van der Waals surface area contributed by atoms with Gasteiger partial charge in [0.15, 0.2) is 0 Å². The fourth-order valence-corrected chi connectivity index (χ4v) is 4.14. The first-order valence-electron chi connectivity index (χ1n) is 7.70. The van der Waals surface area contributed by atoms with Crippen LogP contribution in [0.3, 0.4) is 0 Å². The average molecular weight is 335 g/mol. The zero-order chi connectivity index (χ0) is 16.6. The Bertz CT molecular complexity index is 782. The van der Waals surface area contributed by atoms with Crippen LogP contribution in [0, 0.1) is 0 Å². The molecule has 0 aliphatic carbocycles. The molecular weight excluding hydrogens is 314 g/mol. The van der Waals surface area contributed by atoms with E-state index < -0.39 is 10.0 Å². The van der Waals surface area contributed by atoms with E-state index in [9.17, 15) is 8.42 Å². The molecule has 0 spiro atoms. The molecule has 2 aromatic rings. The summed E-state index contributed by atoms with van der Waals surface area (Å²) in [6.07, 6.45) is 8.00. The van der Waals surface area contributed by atoms with Crippen molar-refractivity contribution >= 4 is 10.0 Å². The van der Waals surface area contributed by atoms with Crippen LogP contribution in [0.1, 0.15) is 44.5 Å². The molecule has 1 aliphatic rings. The highest BCUT2D eigenvalue weighted by atomic mass is 32.2. The monoisotopic (exact) mass is 335 g/mol. The third kappa shape index (κ3) is 3.13. The van der Waals surface area contributed by atoms with Gasteiger partial charge in [-0.15, -0.1) is 0 Å². The quantitative estimate of drug-likeness (QED) is 0.854. The molecule has 124 valence electrons. The van der Waals surface area contributed by atoms with E-state index in [1.165, 1.54) is 10.6 Å². The Balaban J connectivity index is 1.89. The minimum absolute atomic E-state index is 0.207. The van der Waals surface area contributed by atoms with Crippen molar-refractivity contribution in [1.29, 1.82) is 0 Å². The molecule has 1 fully saturated rings. The summed E-state index contributed by atoms with van der Waals surface area (Å²) in [7, 11) is -3.22. The molecule has 0 saturated carbocycles. The summed E-state index contributed by atoms with van der Waals surface area (Å²) in [4.78, 5) is 8.95. The number of nitrogens with zero attached hydrogens (tertiary/aromatic N) is 5. The molecule has 7 nitrogen and oxygen atoms in total. The van der Waals surface area contributed by atoms with Crippen molar-refractivity contribution in [2.45, 2.75) is 38.8 Å². The largest absolute Gasteiger partial charge is 0.261 e. The Hall–Kier alpha value is -1.80. The number of aromatic nitrogens is 4. The molecular formula is C15H21N5O2S. The topological polar surface area (TPSA) is 81.0 Å². The van der Waals surface area contributed by atoms with E-state index in [0.717, 1.165) is 24.2 Å². The Kier molecular flexibility index (Phi) is 4.20. The zero-order valence-electron chi connectivity index (χ0n) is 13.5. The maximum atomic E-state index is 11.9. The van der Waals surface area contributed by atoms with Crippen LogP contribution in [0.25, 0.3) is 11.4 Å². The lowest BCUT2D eigenvalue weighted by atomic mass is 10.1. The molecule has 0 amide bonds. The van der Waals surface area contributed by atoms with Crippen LogP contribution >= 0.6 is 0 Å². The van der Waals surface area contributed by atoms with Crippen molar-refractivity contribution in [3.63, 3.8) is 0 Å². The van der Waals surface area contributed by atoms with Gasteiger partial charge in [0, 0.05) is 18.8 Å². The molecule has 2 aromatic heterocycles. The molecule has 0 radical (unpaired) electrons. The van der Waals surface area contributed by atoms with E-state index in [1.54, 1.807) is 18.6 Å². The van der Waals surface area contributed by atoms with Gasteiger partial charge in [-0.25, -0.2) is 8.42 Å². The minimum atomic E-state index is -3.22. The first kappa shape index (κ1) is 16.1. The lowest BCUT2D eigenvalue weighted by molar-refractivity contribution is 0.393. The average Bonchev–Trinajstić information content (AvgIpc) is 3.16. The molecule has 0 unspecified atom stereocenters. The minimum Gasteiger partial charge on any atom is -0.261 e. The smallest absolute Gasteiger partial charge is 0.211 e. The molecule has 0 N–H and O–H groups in total. The molecule has 3 heterocycles. The van der Waals surface area contributed by atoms with Gasteiger partial charge in [0.2, 0.25) is 10.0 Å². The predicted molar refractivity (Wildman–Crippen MR) is 87.2 cm³/mol. The second-order valence-corrected chi connectivity index (χ2v) is 8.05. The summed E-state index contributed by atoms with van der Waals surface area (Å²) >= 11 is 0. The van der Waals surface area contributed by atoms with Crippen molar-refractivity contribution in [1.82, 2.24) is 24.1 Å². The molecule has 23 heavy (non-hydrogen) atoms. The van der Waals surface area contributed by atoms with E-state index in [1.807, 2.05) is 10.7 Å². The van der Waals surface area contributed by atoms with Crippen molar-refractivity contribution in [2.24, 2.45) is 0 Å². The normalized spacial score (nSPS) is 19.6. The van der Waals surface area contributed by atoms with Gasteiger partial charge in [0.1, 0.15) is 5.69 Å². The van der Waals surface area contributed by atoms with Gasteiger partial charge in [-0.05, 0) is 32.8 Å². The van der Waals surface area contributed by atoms with Crippen LogP contribution in [0.4, 0.5) is 0 Å². The van der Waals surface area contributed by atoms with Gasteiger partial charge >= 0.3 is 0 Å². The maximum absolute atomic E-state index is 11.9. The fourth-order valence-electron chi connectivity index (χ4n) is 3.00. The summed E-state index contributed by atoms with van der Waals surface area (Å²) in [6, 6.07) is 1.93. The van der Waals surface area contributed by atoms with Crippen molar-refractivity contribution < 1.29 is 8.42 Å². The fraction of sp³-hybridized carbons (Fsp3) is 0.533. The molecule has 8 heteroatoms. The lowest BCUT2D eigenvalue weighted by Crippen LogP contribution is -2.30. The molecule has 0 bridgehead atoms. The summed E-state index contributed by atoms with van der Waals surface area (Å²) in [5.74, 6) is 0. The Labute approximate surface area is 136 Å². The molecule has 1 aliphatic heterocycles. The van der Waals surface area contributed by atoms with Gasteiger partial charge in [-0.3, -0.25) is 14.6 Å². The summed E-state index contributed by atoms with van der Waals surface area (Å²) in [5.41, 5.74) is 2.35. The third-order valence-corrected chi connectivity index (χ3v) is 5.35. The van der Waals surface area contributed by atoms with Gasteiger partial charge < -0.3 is 0 Å². The van der Waals surface area contributed by atoms with Crippen LogP contribution in [0.2, 0.25) is 0 Å². The first-order valence-corrected chi connectivity index (χ1v) is 9.55. The number of rotatable bonds is 4. The van der Waals surface area contributed by atoms with Gasteiger partial charge in [-0.2, -0.15) is 9.40 Å². The van der Waals surface area contributed by atoms with Gasteiger partial charge in [0.05, 0.1) is 36.1 Å². The Morgan fingerprint density at radius 1 is 1.26 bits per heavy atom. The van der Waals surface area contributed by atoms with Crippen LogP contribution in [-0.4, -0.2) is 45.3 Å². The van der Waals surface area contributed by atoms with Crippen molar-refractivity contribution in [3.8, 4) is 11.4 Å². The number of hydrogen-bond donors (Lipinski definition) is 0. The second kappa shape index (κ2) is 6.01. The van der Waals surface area contributed by atoms with E-state index in [0.29, 0.717) is 12.2 Å². The SMILES string of the molecule is CC(C)n1nccc1-c1cnc([C@H]2CCCN2S(C)(=O)=O)cn1. The molecule has 3 rings (SSSR count). The molecule has 1 atom stereocenters. The summed E-state index contributed by atoms with van der Waals surface area (Å²) < 4.78 is 27.1. The van der Waals surface area contributed by atoms with E-state index in [2.05, 4.69) is 28.9 Å². The highest BCUT2D eigenvalue weighted by Crippen LogP contribution is 2.32. The first-order chi connectivity index (χ1) is 10.9. The Morgan fingerprint density at radius 3 is 2.65 bits per heavy atom. The number of sulfonamides is 1. The maximum Gasteiger partial charge on any atom is 0.211 e. The van der Waals surface area contributed by atoms with Gasteiger partial charge in [-0.1, -0.05) is 0 Å². The molecule has 1 saturated heterocycles. The van der Waals surface area contributed by atoms with Crippen LogP contribution < -0.4 is 0 Å². The van der Waals surface area contributed by atoms with Crippen LogP contribution in [0.5, 0.6) is 0 Å². The van der Waals surface area contributed by atoms with Crippen LogP contribution in [-0.2, 0) is 10.0 Å². The van der Waals surface area contributed by atoms with Crippen LogP contribution in [0.15, 0.2) is 24.7 Å². The lowest BCUT2D eigenvalue weighted by Gasteiger charge is -2.21. The summed E-state index contributed by atoms with van der Waals surface area (Å²) in [5, 5.41) is 4.30. The van der Waals surface area contributed by atoms with Gasteiger partial charge in [0.25, 0.3) is 0 Å². The van der Waals surface area contributed by atoms with Crippen molar-refractivity contribution in [3.05, 3.63) is 30.4 Å².